The van der Waals surface area contributed by atoms with Gasteiger partial charge in [-0.3, -0.25) is 4.79 Å². The van der Waals surface area contributed by atoms with Crippen LogP contribution in [0.25, 0.3) is 0 Å². The first-order valence-electron chi connectivity index (χ1n) is 5.74. The number of aryl methyl sites for hydroxylation is 1. The van der Waals surface area contributed by atoms with Crippen LogP contribution in [0, 0.1) is 12.8 Å². The van der Waals surface area contributed by atoms with Crippen LogP contribution < -0.4 is 10.6 Å². The minimum atomic E-state index is -1.09. The summed E-state index contributed by atoms with van der Waals surface area (Å²) in [6, 6.07) is -0.350. The van der Waals surface area contributed by atoms with Crippen LogP contribution in [-0.2, 0) is 9.53 Å². The SMILES string of the molecule is Cc1nsc(N(C)C(=O)C2COCC2N)c1C(=O)O. The molecule has 0 aliphatic carbocycles. The molecule has 1 saturated heterocycles. The number of amides is 1. The highest BCUT2D eigenvalue weighted by molar-refractivity contribution is 7.11. The third-order valence-electron chi connectivity index (χ3n) is 3.14. The van der Waals surface area contributed by atoms with E-state index in [1.165, 1.54) is 11.9 Å². The van der Waals surface area contributed by atoms with Gasteiger partial charge in [0.2, 0.25) is 5.91 Å². The smallest absolute Gasteiger partial charge is 0.340 e. The van der Waals surface area contributed by atoms with Crippen molar-refractivity contribution in [1.82, 2.24) is 4.37 Å². The van der Waals surface area contributed by atoms with Gasteiger partial charge in [-0.2, -0.15) is 4.37 Å². The Balaban J connectivity index is 2.27. The predicted molar refractivity (Wildman–Crippen MR) is 69.5 cm³/mol. The van der Waals surface area contributed by atoms with E-state index in [1.54, 1.807) is 6.92 Å². The summed E-state index contributed by atoms with van der Waals surface area (Å²) in [7, 11) is 1.53. The molecule has 2 atom stereocenters. The molecule has 1 aliphatic rings. The Labute approximate surface area is 114 Å². The Bertz CT molecular complexity index is 516. The zero-order chi connectivity index (χ0) is 14.2. The summed E-state index contributed by atoms with van der Waals surface area (Å²) < 4.78 is 9.15. The van der Waals surface area contributed by atoms with E-state index in [4.69, 9.17) is 15.6 Å². The normalized spacial score (nSPS) is 22.5. The van der Waals surface area contributed by atoms with Crippen molar-refractivity contribution in [3.05, 3.63) is 11.3 Å². The van der Waals surface area contributed by atoms with Gasteiger partial charge < -0.3 is 20.5 Å². The molecule has 0 saturated carbocycles. The van der Waals surface area contributed by atoms with Gasteiger partial charge in [0.1, 0.15) is 10.6 Å². The zero-order valence-corrected chi connectivity index (χ0v) is 11.4. The highest BCUT2D eigenvalue weighted by Gasteiger charge is 2.35. The number of carbonyl (C=O) groups is 2. The Hall–Kier alpha value is -1.51. The lowest BCUT2D eigenvalue weighted by Crippen LogP contribution is -2.42. The number of aromatic nitrogens is 1. The van der Waals surface area contributed by atoms with E-state index in [9.17, 15) is 9.59 Å². The molecule has 8 heteroatoms. The molecule has 104 valence electrons. The van der Waals surface area contributed by atoms with Crippen molar-refractivity contribution < 1.29 is 19.4 Å². The first kappa shape index (κ1) is 13.9. The minimum Gasteiger partial charge on any atom is -0.478 e. The quantitative estimate of drug-likeness (QED) is 0.815. The summed E-state index contributed by atoms with van der Waals surface area (Å²) in [6.45, 7) is 2.22. The van der Waals surface area contributed by atoms with Gasteiger partial charge in [-0.05, 0) is 18.5 Å². The number of rotatable bonds is 3. The molecule has 0 bridgehead atoms. The Morgan fingerprint density at radius 3 is 2.74 bits per heavy atom. The standard InChI is InChI=1S/C11H15N3O4S/c1-5-8(11(16)17)10(19-13-5)14(2)9(15)6-3-18-4-7(6)12/h6-7H,3-4,12H2,1-2H3,(H,16,17). The number of nitrogens with two attached hydrogens (primary N) is 1. The van der Waals surface area contributed by atoms with Gasteiger partial charge in [-0.25, -0.2) is 4.79 Å². The van der Waals surface area contributed by atoms with Crippen molar-refractivity contribution >= 4 is 28.4 Å². The maximum absolute atomic E-state index is 12.3. The number of hydrogen-bond donors (Lipinski definition) is 2. The molecule has 19 heavy (non-hydrogen) atoms. The highest BCUT2D eigenvalue weighted by Crippen LogP contribution is 2.29. The van der Waals surface area contributed by atoms with Crippen molar-refractivity contribution in [2.75, 3.05) is 25.2 Å². The number of aromatic carboxylic acids is 1. The molecule has 0 aromatic carbocycles. The predicted octanol–water partition coefficient (Wildman–Crippen LogP) is 0.0862. The molecule has 2 unspecified atom stereocenters. The molecule has 1 amide bonds. The summed E-state index contributed by atoms with van der Waals surface area (Å²) in [5.41, 5.74) is 6.26. The lowest BCUT2D eigenvalue weighted by molar-refractivity contribution is -0.122. The van der Waals surface area contributed by atoms with Crippen LogP contribution in [0.2, 0.25) is 0 Å². The average molecular weight is 285 g/mol. The van der Waals surface area contributed by atoms with Crippen LogP contribution in [0.4, 0.5) is 5.00 Å². The summed E-state index contributed by atoms with van der Waals surface area (Å²) in [5.74, 6) is -1.77. The number of carboxylic acids is 1. The van der Waals surface area contributed by atoms with E-state index in [-0.39, 0.29) is 24.1 Å². The fourth-order valence-electron chi connectivity index (χ4n) is 2.01. The van der Waals surface area contributed by atoms with Crippen molar-refractivity contribution in [2.45, 2.75) is 13.0 Å². The monoisotopic (exact) mass is 285 g/mol. The molecule has 1 fully saturated rings. The van der Waals surface area contributed by atoms with Crippen molar-refractivity contribution in [3.8, 4) is 0 Å². The van der Waals surface area contributed by atoms with E-state index in [1.807, 2.05) is 0 Å². The lowest BCUT2D eigenvalue weighted by Gasteiger charge is -2.21. The average Bonchev–Trinajstić information content (AvgIpc) is 2.93. The molecule has 1 aromatic rings. The molecule has 0 radical (unpaired) electrons. The molecule has 1 aliphatic heterocycles. The molecular formula is C11H15N3O4S. The van der Waals surface area contributed by atoms with Crippen molar-refractivity contribution in [2.24, 2.45) is 11.7 Å². The third-order valence-corrected chi connectivity index (χ3v) is 4.15. The van der Waals surface area contributed by atoms with Crippen LogP contribution in [0.1, 0.15) is 16.1 Å². The van der Waals surface area contributed by atoms with E-state index in [0.29, 0.717) is 17.3 Å². The number of anilines is 1. The van der Waals surface area contributed by atoms with Gasteiger partial charge >= 0.3 is 5.97 Å². The van der Waals surface area contributed by atoms with E-state index >= 15 is 0 Å². The topological polar surface area (TPSA) is 106 Å². The number of hydrogen-bond acceptors (Lipinski definition) is 6. The van der Waals surface area contributed by atoms with Crippen LogP contribution >= 0.6 is 11.5 Å². The molecular weight excluding hydrogens is 270 g/mol. The first-order chi connectivity index (χ1) is 8.93. The zero-order valence-electron chi connectivity index (χ0n) is 10.6. The van der Waals surface area contributed by atoms with E-state index in [2.05, 4.69) is 4.37 Å². The third kappa shape index (κ3) is 2.46. The summed E-state index contributed by atoms with van der Waals surface area (Å²) in [4.78, 5) is 24.8. The number of ether oxygens (including phenoxy) is 1. The van der Waals surface area contributed by atoms with Crippen LogP contribution in [-0.4, -0.2) is 47.7 Å². The van der Waals surface area contributed by atoms with Crippen LogP contribution in [0.5, 0.6) is 0 Å². The Morgan fingerprint density at radius 1 is 1.53 bits per heavy atom. The van der Waals surface area contributed by atoms with Crippen molar-refractivity contribution in [1.29, 1.82) is 0 Å². The minimum absolute atomic E-state index is 0.0633. The molecule has 0 spiro atoms. The summed E-state index contributed by atoms with van der Waals surface area (Å²) >= 11 is 0.994. The van der Waals surface area contributed by atoms with Gasteiger partial charge in [0, 0.05) is 13.1 Å². The molecule has 2 heterocycles. The highest BCUT2D eigenvalue weighted by atomic mass is 32.1. The largest absolute Gasteiger partial charge is 0.478 e. The number of carboxylic acid groups (broad SMARTS) is 1. The Morgan fingerprint density at radius 2 is 2.21 bits per heavy atom. The number of carbonyl (C=O) groups excluding carboxylic acids is 1. The summed E-state index contributed by atoms with van der Waals surface area (Å²) in [5, 5.41) is 9.49. The van der Waals surface area contributed by atoms with Gasteiger partial charge in [0.05, 0.1) is 24.8 Å². The second kappa shape index (κ2) is 5.24. The summed E-state index contributed by atoms with van der Waals surface area (Å²) in [6.07, 6.45) is 0. The van der Waals surface area contributed by atoms with Gasteiger partial charge in [0.15, 0.2) is 0 Å². The lowest BCUT2D eigenvalue weighted by atomic mass is 10.0. The fraction of sp³-hybridized carbons (Fsp3) is 0.545. The maximum Gasteiger partial charge on any atom is 0.340 e. The molecule has 3 N–H and O–H groups in total. The Kier molecular flexibility index (Phi) is 3.83. The fourth-order valence-corrected chi connectivity index (χ4v) is 2.86. The molecule has 1 aromatic heterocycles. The molecule has 2 rings (SSSR count). The van der Waals surface area contributed by atoms with Crippen LogP contribution in [0.3, 0.4) is 0 Å². The van der Waals surface area contributed by atoms with Gasteiger partial charge in [0.25, 0.3) is 0 Å². The van der Waals surface area contributed by atoms with Crippen molar-refractivity contribution in [3.63, 3.8) is 0 Å². The first-order valence-corrected chi connectivity index (χ1v) is 6.51. The number of nitrogens with zero attached hydrogens (tertiary/aromatic N) is 2. The second-order valence-electron chi connectivity index (χ2n) is 4.46. The maximum atomic E-state index is 12.3. The van der Waals surface area contributed by atoms with Crippen LogP contribution in [0.15, 0.2) is 0 Å². The molecule has 7 nitrogen and oxygen atoms in total. The van der Waals surface area contributed by atoms with E-state index < -0.39 is 11.9 Å². The van der Waals surface area contributed by atoms with Gasteiger partial charge in [-0.15, -0.1) is 0 Å². The van der Waals surface area contributed by atoms with E-state index in [0.717, 1.165) is 11.5 Å². The second-order valence-corrected chi connectivity index (χ2v) is 5.21. The van der Waals surface area contributed by atoms with Gasteiger partial charge in [-0.1, -0.05) is 0 Å².